The van der Waals surface area contributed by atoms with E-state index < -0.39 is 24.1 Å². The highest BCUT2D eigenvalue weighted by Gasteiger charge is 2.38. The molecule has 2 unspecified atom stereocenters. The van der Waals surface area contributed by atoms with Gasteiger partial charge in [-0.1, -0.05) is 60.7 Å². The number of hydrogen-bond acceptors (Lipinski definition) is 5. The SMILES string of the molecule is NC(=O)C1CCCN1C(=O)C1CCN(C(=O)C(Cc2ccccc2)NC(=O)OCc2ccccc2)CC1. The third kappa shape index (κ3) is 6.87. The molecule has 2 saturated heterocycles. The van der Waals surface area contributed by atoms with Gasteiger partial charge in [0.1, 0.15) is 18.7 Å². The number of benzene rings is 2. The fraction of sp³-hybridized carbons (Fsp3) is 0.429. The molecule has 0 radical (unpaired) electrons. The number of hydrogen-bond donors (Lipinski definition) is 2. The van der Waals surface area contributed by atoms with Crippen LogP contribution in [0.4, 0.5) is 4.79 Å². The van der Waals surface area contributed by atoms with Crippen LogP contribution < -0.4 is 11.1 Å². The first-order chi connectivity index (χ1) is 17.9. The van der Waals surface area contributed by atoms with E-state index in [1.807, 2.05) is 60.7 Å². The number of likely N-dealkylation sites (tertiary alicyclic amines) is 2. The number of nitrogens with two attached hydrogens (primary N) is 1. The molecule has 9 heteroatoms. The summed E-state index contributed by atoms with van der Waals surface area (Å²) < 4.78 is 5.36. The fourth-order valence-corrected chi connectivity index (χ4v) is 5.08. The van der Waals surface area contributed by atoms with Gasteiger partial charge in [0, 0.05) is 32.0 Å². The van der Waals surface area contributed by atoms with Crippen molar-refractivity contribution in [3.8, 4) is 0 Å². The summed E-state index contributed by atoms with van der Waals surface area (Å²) in [5, 5.41) is 2.75. The second kappa shape index (κ2) is 12.4. The predicted octanol–water partition coefficient (Wildman–Crippen LogP) is 2.24. The van der Waals surface area contributed by atoms with Crippen LogP contribution in [-0.2, 0) is 32.1 Å². The Morgan fingerprint density at radius 2 is 1.51 bits per heavy atom. The average molecular weight is 507 g/mol. The first kappa shape index (κ1) is 26.2. The molecular formula is C28H34N4O5. The Morgan fingerprint density at radius 1 is 0.892 bits per heavy atom. The molecule has 4 rings (SSSR count). The minimum absolute atomic E-state index is 0.0585. The molecule has 37 heavy (non-hydrogen) atoms. The number of ether oxygens (including phenoxy) is 1. The quantitative estimate of drug-likeness (QED) is 0.569. The van der Waals surface area contributed by atoms with Gasteiger partial charge in [0.2, 0.25) is 17.7 Å². The summed E-state index contributed by atoms with van der Waals surface area (Å²) in [6.45, 7) is 1.45. The van der Waals surface area contributed by atoms with E-state index in [0.717, 1.165) is 17.5 Å². The van der Waals surface area contributed by atoms with Gasteiger partial charge < -0.3 is 25.6 Å². The molecule has 9 nitrogen and oxygen atoms in total. The number of piperidine rings is 1. The third-order valence-electron chi connectivity index (χ3n) is 7.11. The van der Waals surface area contributed by atoms with Crippen LogP contribution in [0.25, 0.3) is 0 Å². The molecule has 2 fully saturated rings. The van der Waals surface area contributed by atoms with Crippen LogP contribution in [-0.4, -0.2) is 65.3 Å². The van der Waals surface area contributed by atoms with Gasteiger partial charge in [0.25, 0.3) is 0 Å². The summed E-state index contributed by atoms with van der Waals surface area (Å²) in [7, 11) is 0. The minimum atomic E-state index is -0.796. The molecule has 2 aliphatic rings. The summed E-state index contributed by atoms with van der Waals surface area (Å²) in [6.07, 6.45) is 2.05. The largest absolute Gasteiger partial charge is 0.445 e. The summed E-state index contributed by atoms with van der Waals surface area (Å²) >= 11 is 0. The van der Waals surface area contributed by atoms with Crippen LogP contribution >= 0.6 is 0 Å². The number of nitrogens with zero attached hydrogens (tertiary/aromatic N) is 2. The molecular weight excluding hydrogens is 472 g/mol. The summed E-state index contributed by atoms with van der Waals surface area (Å²) in [5.41, 5.74) is 7.25. The smallest absolute Gasteiger partial charge is 0.408 e. The van der Waals surface area contributed by atoms with Crippen molar-refractivity contribution in [3.05, 3.63) is 71.8 Å². The predicted molar refractivity (Wildman–Crippen MR) is 137 cm³/mol. The number of rotatable bonds is 8. The highest BCUT2D eigenvalue weighted by Crippen LogP contribution is 2.26. The maximum absolute atomic E-state index is 13.5. The number of amides is 4. The molecule has 2 atom stereocenters. The number of primary amides is 1. The van der Waals surface area contributed by atoms with Crippen molar-refractivity contribution in [2.45, 2.75) is 50.8 Å². The fourth-order valence-electron chi connectivity index (χ4n) is 5.08. The zero-order chi connectivity index (χ0) is 26.2. The molecule has 0 aromatic heterocycles. The Kier molecular flexibility index (Phi) is 8.77. The average Bonchev–Trinajstić information content (AvgIpc) is 3.43. The van der Waals surface area contributed by atoms with E-state index in [4.69, 9.17) is 10.5 Å². The second-order valence-electron chi connectivity index (χ2n) is 9.64. The molecule has 196 valence electrons. The van der Waals surface area contributed by atoms with E-state index in [-0.39, 0.29) is 24.3 Å². The first-order valence-corrected chi connectivity index (χ1v) is 12.8. The van der Waals surface area contributed by atoms with Gasteiger partial charge in [-0.05, 0) is 36.8 Å². The van der Waals surface area contributed by atoms with Crippen LogP contribution in [0.15, 0.2) is 60.7 Å². The van der Waals surface area contributed by atoms with Crippen molar-refractivity contribution in [1.82, 2.24) is 15.1 Å². The first-order valence-electron chi connectivity index (χ1n) is 12.8. The Hall–Kier alpha value is -3.88. The van der Waals surface area contributed by atoms with Crippen LogP contribution in [0.3, 0.4) is 0 Å². The van der Waals surface area contributed by atoms with Gasteiger partial charge in [-0.15, -0.1) is 0 Å². The number of carbonyl (C=O) groups is 4. The molecule has 0 saturated carbocycles. The number of nitrogens with one attached hydrogen (secondary N) is 1. The molecule has 2 aromatic rings. The third-order valence-corrected chi connectivity index (χ3v) is 7.11. The van der Waals surface area contributed by atoms with E-state index >= 15 is 0 Å². The lowest BCUT2D eigenvalue weighted by molar-refractivity contribution is -0.144. The minimum Gasteiger partial charge on any atom is -0.445 e. The Morgan fingerprint density at radius 3 is 2.14 bits per heavy atom. The zero-order valence-electron chi connectivity index (χ0n) is 20.9. The van der Waals surface area contributed by atoms with Crippen LogP contribution in [0.5, 0.6) is 0 Å². The highest BCUT2D eigenvalue weighted by molar-refractivity contribution is 5.89. The maximum atomic E-state index is 13.5. The Balaban J connectivity index is 1.36. The summed E-state index contributed by atoms with van der Waals surface area (Å²) in [4.78, 5) is 54.1. The number of alkyl carbamates (subject to hydrolysis) is 1. The van der Waals surface area contributed by atoms with E-state index in [2.05, 4.69) is 5.32 Å². The lowest BCUT2D eigenvalue weighted by atomic mass is 9.94. The van der Waals surface area contributed by atoms with Crippen molar-refractivity contribution >= 4 is 23.8 Å². The topological polar surface area (TPSA) is 122 Å². The van der Waals surface area contributed by atoms with Crippen LogP contribution in [0.2, 0.25) is 0 Å². The summed E-state index contributed by atoms with van der Waals surface area (Å²) in [5.74, 6) is -0.979. The summed E-state index contributed by atoms with van der Waals surface area (Å²) in [6, 6.07) is 17.5. The van der Waals surface area contributed by atoms with Gasteiger partial charge in [0.15, 0.2) is 0 Å². The Labute approximate surface area is 216 Å². The van der Waals surface area contributed by atoms with Crippen molar-refractivity contribution in [2.75, 3.05) is 19.6 Å². The van der Waals surface area contributed by atoms with Crippen molar-refractivity contribution in [1.29, 1.82) is 0 Å². The molecule has 4 amide bonds. The molecule has 0 bridgehead atoms. The Bertz CT molecular complexity index is 1090. The number of carbonyl (C=O) groups excluding carboxylic acids is 4. The second-order valence-corrected chi connectivity index (χ2v) is 9.64. The molecule has 2 aromatic carbocycles. The molecule has 3 N–H and O–H groups in total. The molecule has 0 spiro atoms. The van der Waals surface area contributed by atoms with Gasteiger partial charge in [-0.3, -0.25) is 14.4 Å². The van der Waals surface area contributed by atoms with Crippen molar-refractivity contribution in [2.24, 2.45) is 11.7 Å². The lowest BCUT2D eigenvalue weighted by Gasteiger charge is -2.36. The molecule has 2 aliphatic heterocycles. The van der Waals surface area contributed by atoms with Gasteiger partial charge in [0.05, 0.1) is 0 Å². The monoisotopic (exact) mass is 506 g/mol. The lowest BCUT2D eigenvalue weighted by Crippen LogP contribution is -2.53. The van der Waals surface area contributed by atoms with Crippen LogP contribution in [0, 0.1) is 5.92 Å². The van der Waals surface area contributed by atoms with Crippen LogP contribution in [0.1, 0.15) is 36.8 Å². The van der Waals surface area contributed by atoms with Gasteiger partial charge >= 0.3 is 6.09 Å². The van der Waals surface area contributed by atoms with Gasteiger partial charge in [-0.2, -0.15) is 0 Å². The van der Waals surface area contributed by atoms with Crippen molar-refractivity contribution in [3.63, 3.8) is 0 Å². The normalized spacial score (nSPS) is 18.8. The van der Waals surface area contributed by atoms with E-state index in [9.17, 15) is 19.2 Å². The van der Waals surface area contributed by atoms with Crippen molar-refractivity contribution < 1.29 is 23.9 Å². The molecule has 2 heterocycles. The molecule has 0 aliphatic carbocycles. The van der Waals surface area contributed by atoms with E-state index in [0.29, 0.717) is 45.3 Å². The highest BCUT2D eigenvalue weighted by atomic mass is 16.5. The standard InChI is InChI=1S/C28H34N4O5/c29-25(33)24-12-7-15-32(24)26(34)22-13-16-31(17-14-22)27(35)23(18-20-8-3-1-4-9-20)30-28(36)37-19-21-10-5-2-6-11-21/h1-6,8-11,22-24H,7,12-19H2,(H2,29,33)(H,30,36). The van der Waals surface area contributed by atoms with E-state index in [1.165, 1.54) is 0 Å². The van der Waals surface area contributed by atoms with E-state index in [1.54, 1.807) is 9.80 Å². The maximum Gasteiger partial charge on any atom is 0.408 e. The zero-order valence-corrected chi connectivity index (χ0v) is 20.9. The van der Waals surface area contributed by atoms with Gasteiger partial charge in [-0.25, -0.2) is 4.79 Å².